The Morgan fingerprint density at radius 2 is 2.32 bits per heavy atom. The molecule has 0 saturated carbocycles. The van der Waals surface area contributed by atoms with Crippen LogP contribution in [-0.4, -0.2) is 58.4 Å². The number of amides is 1. The zero-order valence-electron chi connectivity index (χ0n) is 11.7. The van der Waals surface area contributed by atoms with Crippen molar-refractivity contribution in [3.63, 3.8) is 0 Å². The average Bonchev–Trinajstić information content (AvgIpc) is 2.82. The molecule has 1 saturated heterocycles. The molecular weight excluding hydrogens is 240 g/mol. The van der Waals surface area contributed by atoms with Crippen LogP contribution >= 0.6 is 0 Å². The smallest absolute Gasteiger partial charge is 0.222 e. The van der Waals surface area contributed by atoms with Crippen LogP contribution in [-0.2, 0) is 11.2 Å². The summed E-state index contributed by atoms with van der Waals surface area (Å²) in [5.74, 6) is 0.301. The van der Waals surface area contributed by atoms with E-state index < -0.39 is 0 Å². The number of carbonyl (C=O) groups excluding carboxylic acids is 1. The van der Waals surface area contributed by atoms with Crippen LogP contribution in [0.15, 0.2) is 18.6 Å². The number of aromatic nitrogens is 2. The molecule has 1 aliphatic rings. The summed E-state index contributed by atoms with van der Waals surface area (Å²) in [6.07, 6.45) is 7.85. The summed E-state index contributed by atoms with van der Waals surface area (Å²) < 4.78 is 0. The molecule has 1 amide bonds. The Morgan fingerprint density at radius 1 is 1.47 bits per heavy atom. The summed E-state index contributed by atoms with van der Waals surface area (Å²) in [5.41, 5.74) is 1.01. The second-order valence-electron chi connectivity index (χ2n) is 5.21. The van der Waals surface area contributed by atoms with Crippen molar-refractivity contribution in [1.29, 1.82) is 0 Å². The molecule has 2 rings (SSSR count). The van der Waals surface area contributed by atoms with Gasteiger partial charge in [-0.3, -0.25) is 14.8 Å². The number of hydrogen-bond acceptors (Lipinski definition) is 4. The molecule has 0 unspecified atom stereocenters. The highest BCUT2D eigenvalue weighted by Crippen LogP contribution is 2.10. The van der Waals surface area contributed by atoms with Crippen molar-refractivity contribution in [3.8, 4) is 0 Å². The molecule has 0 aliphatic carbocycles. The van der Waals surface area contributed by atoms with Gasteiger partial charge in [-0.2, -0.15) is 0 Å². The maximum absolute atomic E-state index is 11.5. The molecule has 5 nitrogen and oxygen atoms in total. The molecule has 1 aliphatic heterocycles. The lowest BCUT2D eigenvalue weighted by atomic mass is 10.1. The Hall–Kier alpha value is -1.49. The van der Waals surface area contributed by atoms with Crippen molar-refractivity contribution < 1.29 is 4.79 Å². The van der Waals surface area contributed by atoms with E-state index in [0.717, 1.165) is 44.6 Å². The molecule has 1 aromatic rings. The number of rotatable bonds is 6. The third kappa shape index (κ3) is 3.99. The number of likely N-dealkylation sites (tertiary alicyclic amines) is 1. The van der Waals surface area contributed by atoms with Gasteiger partial charge in [0.15, 0.2) is 0 Å². The Labute approximate surface area is 114 Å². The van der Waals surface area contributed by atoms with Gasteiger partial charge in [-0.25, -0.2) is 0 Å². The molecule has 0 spiro atoms. The highest BCUT2D eigenvalue weighted by molar-refractivity contribution is 5.78. The Bertz CT molecular complexity index is 409. The van der Waals surface area contributed by atoms with E-state index in [0.29, 0.717) is 11.9 Å². The largest absolute Gasteiger partial charge is 0.341 e. The number of carbonyl (C=O) groups is 1. The fraction of sp³-hybridized carbons (Fsp3) is 0.643. The summed E-state index contributed by atoms with van der Waals surface area (Å²) in [6.45, 7) is 4.85. The minimum absolute atomic E-state index is 0.301. The fourth-order valence-corrected chi connectivity index (χ4v) is 2.33. The summed E-state index contributed by atoms with van der Waals surface area (Å²) >= 11 is 0. The molecule has 2 heterocycles. The first-order valence-electron chi connectivity index (χ1n) is 6.89. The predicted molar refractivity (Wildman–Crippen MR) is 73.6 cm³/mol. The minimum atomic E-state index is 0.301. The van der Waals surface area contributed by atoms with Crippen molar-refractivity contribution in [1.82, 2.24) is 19.8 Å². The van der Waals surface area contributed by atoms with Crippen molar-refractivity contribution in [3.05, 3.63) is 24.3 Å². The van der Waals surface area contributed by atoms with E-state index in [-0.39, 0.29) is 0 Å². The molecule has 1 aromatic heterocycles. The van der Waals surface area contributed by atoms with Crippen LogP contribution in [0.1, 0.15) is 25.5 Å². The van der Waals surface area contributed by atoms with Crippen molar-refractivity contribution in [2.75, 3.05) is 26.7 Å². The third-order valence-corrected chi connectivity index (χ3v) is 3.77. The van der Waals surface area contributed by atoms with Crippen molar-refractivity contribution in [2.24, 2.45) is 0 Å². The van der Waals surface area contributed by atoms with Gasteiger partial charge in [0.2, 0.25) is 5.91 Å². The zero-order valence-corrected chi connectivity index (χ0v) is 11.7. The number of hydrogen-bond donors (Lipinski definition) is 0. The highest BCUT2D eigenvalue weighted by Gasteiger charge is 2.20. The second-order valence-corrected chi connectivity index (χ2v) is 5.21. The van der Waals surface area contributed by atoms with Gasteiger partial charge in [0, 0.05) is 57.1 Å². The highest BCUT2D eigenvalue weighted by atomic mass is 16.2. The van der Waals surface area contributed by atoms with Crippen LogP contribution in [0.2, 0.25) is 0 Å². The lowest BCUT2D eigenvalue weighted by molar-refractivity contribution is -0.127. The monoisotopic (exact) mass is 262 g/mol. The molecule has 0 radical (unpaired) electrons. The Balaban J connectivity index is 1.76. The van der Waals surface area contributed by atoms with E-state index in [1.165, 1.54) is 0 Å². The molecule has 5 heteroatoms. The average molecular weight is 262 g/mol. The van der Waals surface area contributed by atoms with E-state index in [4.69, 9.17) is 0 Å². The van der Waals surface area contributed by atoms with Gasteiger partial charge in [0.1, 0.15) is 0 Å². The quantitative estimate of drug-likeness (QED) is 0.766. The SMILES string of the molecule is C[C@@H](Cc1cnccn1)N(C)CCN1CCCC1=O. The number of nitrogens with zero attached hydrogens (tertiary/aromatic N) is 4. The van der Waals surface area contributed by atoms with E-state index >= 15 is 0 Å². The van der Waals surface area contributed by atoms with Gasteiger partial charge in [0.05, 0.1) is 5.69 Å². The Kier molecular flexibility index (Phi) is 4.85. The van der Waals surface area contributed by atoms with Crippen LogP contribution in [0.5, 0.6) is 0 Å². The molecule has 104 valence electrons. The third-order valence-electron chi connectivity index (χ3n) is 3.77. The van der Waals surface area contributed by atoms with Crippen LogP contribution in [0.25, 0.3) is 0 Å². The number of likely N-dealkylation sites (N-methyl/N-ethyl adjacent to an activating group) is 1. The topological polar surface area (TPSA) is 49.3 Å². The van der Waals surface area contributed by atoms with Gasteiger partial charge >= 0.3 is 0 Å². The van der Waals surface area contributed by atoms with Gasteiger partial charge in [-0.15, -0.1) is 0 Å². The molecule has 0 bridgehead atoms. The summed E-state index contributed by atoms with van der Waals surface area (Å²) in [7, 11) is 2.10. The van der Waals surface area contributed by atoms with Crippen LogP contribution < -0.4 is 0 Å². The molecular formula is C14H22N4O. The van der Waals surface area contributed by atoms with E-state index in [2.05, 4.69) is 28.8 Å². The standard InChI is InChI=1S/C14H22N4O/c1-12(10-13-11-15-5-6-16-13)17(2)8-9-18-7-3-4-14(18)19/h5-6,11-12H,3-4,7-10H2,1-2H3/t12-/m0/s1. The maximum atomic E-state index is 11.5. The van der Waals surface area contributed by atoms with Gasteiger partial charge in [-0.1, -0.05) is 0 Å². The zero-order chi connectivity index (χ0) is 13.7. The van der Waals surface area contributed by atoms with Gasteiger partial charge in [0.25, 0.3) is 0 Å². The van der Waals surface area contributed by atoms with Crippen LogP contribution in [0, 0.1) is 0 Å². The van der Waals surface area contributed by atoms with Crippen molar-refractivity contribution in [2.45, 2.75) is 32.2 Å². The normalized spacial score (nSPS) is 17.2. The van der Waals surface area contributed by atoms with Crippen molar-refractivity contribution >= 4 is 5.91 Å². The first kappa shape index (κ1) is 13.9. The second kappa shape index (κ2) is 6.61. The maximum Gasteiger partial charge on any atom is 0.222 e. The van der Waals surface area contributed by atoms with E-state index in [1.54, 1.807) is 12.4 Å². The lowest BCUT2D eigenvalue weighted by Crippen LogP contribution is -2.38. The molecule has 0 aromatic carbocycles. The molecule has 1 fully saturated rings. The molecule has 19 heavy (non-hydrogen) atoms. The predicted octanol–water partition coefficient (Wildman–Crippen LogP) is 0.962. The van der Waals surface area contributed by atoms with Crippen LogP contribution in [0.3, 0.4) is 0 Å². The van der Waals surface area contributed by atoms with Gasteiger partial charge < -0.3 is 9.80 Å². The Morgan fingerprint density at radius 3 is 2.95 bits per heavy atom. The first-order valence-corrected chi connectivity index (χ1v) is 6.89. The summed E-state index contributed by atoms with van der Waals surface area (Å²) in [6, 6.07) is 0.398. The summed E-state index contributed by atoms with van der Waals surface area (Å²) in [5, 5.41) is 0. The minimum Gasteiger partial charge on any atom is -0.341 e. The van der Waals surface area contributed by atoms with E-state index in [9.17, 15) is 4.79 Å². The molecule has 1 atom stereocenters. The summed E-state index contributed by atoms with van der Waals surface area (Å²) in [4.78, 5) is 24.2. The van der Waals surface area contributed by atoms with Gasteiger partial charge in [-0.05, 0) is 20.4 Å². The fourth-order valence-electron chi connectivity index (χ4n) is 2.33. The molecule has 0 N–H and O–H groups in total. The first-order chi connectivity index (χ1) is 9.16. The lowest BCUT2D eigenvalue weighted by Gasteiger charge is -2.26. The van der Waals surface area contributed by atoms with Crippen LogP contribution in [0.4, 0.5) is 0 Å². The van der Waals surface area contributed by atoms with E-state index in [1.807, 2.05) is 11.1 Å².